The average molecular weight is 2180 g/mol. The van der Waals surface area contributed by atoms with E-state index in [1.807, 2.05) is 119 Å². The van der Waals surface area contributed by atoms with Crippen LogP contribution in [0, 0.1) is 11.8 Å². The summed E-state index contributed by atoms with van der Waals surface area (Å²) in [5, 5.41) is 14.7. The molecule has 0 atom stereocenters. The van der Waals surface area contributed by atoms with Crippen LogP contribution in [0.15, 0.2) is 289 Å². The maximum absolute atomic E-state index is 12.4. The van der Waals surface area contributed by atoms with Gasteiger partial charge in [0.25, 0.3) is 0 Å². The summed E-state index contributed by atoms with van der Waals surface area (Å²) in [5.74, 6) is 15.7. The van der Waals surface area contributed by atoms with Crippen molar-refractivity contribution in [3.05, 3.63) is 255 Å². The van der Waals surface area contributed by atoms with Crippen LogP contribution < -0.4 is 33.2 Å². The van der Waals surface area contributed by atoms with Crippen LogP contribution in [0.5, 0.6) is 40.2 Å². The first-order valence-corrected chi connectivity index (χ1v) is 63.0. The summed E-state index contributed by atoms with van der Waals surface area (Å²) in [7, 11) is 3.79. The summed E-state index contributed by atoms with van der Waals surface area (Å²) in [6.07, 6.45) is 12.1. The van der Waals surface area contributed by atoms with Crippen molar-refractivity contribution in [2.75, 3.05) is 114 Å². The Morgan fingerprint density at radius 3 is 0.613 bits per heavy atom. The quantitative estimate of drug-likeness (QED) is 0.0205. The number of rotatable bonds is 22. The van der Waals surface area contributed by atoms with E-state index in [-0.39, 0.29) is 69.0 Å². The van der Waals surface area contributed by atoms with Crippen molar-refractivity contribution in [1.29, 1.82) is 0 Å². The van der Waals surface area contributed by atoms with Crippen LogP contribution in [0.3, 0.4) is 0 Å². The zero-order valence-corrected chi connectivity index (χ0v) is 92.1. The first-order valence-electron chi connectivity index (χ1n) is 52.1. The number of fused-ring (bicyclic) bond motifs is 7. The maximum atomic E-state index is 12.4. The highest BCUT2D eigenvalue weighted by Crippen LogP contribution is 2.44. The van der Waals surface area contributed by atoms with Crippen molar-refractivity contribution in [3.8, 4) is 40.2 Å². The summed E-state index contributed by atoms with van der Waals surface area (Å²) >= 11 is 0. The van der Waals surface area contributed by atoms with Gasteiger partial charge in [-0.15, -0.1) is 0 Å². The number of methoxy groups -OCH3 is 1. The second-order valence-electron chi connectivity index (χ2n) is 38.1. The molecule has 0 radical (unpaired) electrons. The van der Waals surface area contributed by atoms with Gasteiger partial charge in [0, 0.05) is 173 Å². The summed E-state index contributed by atoms with van der Waals surface area (Å²) in [4.78, 5) is 78.0. The highest BCUT2D eigenvalue weighted by molar-refractivity contribution is 7.99. The molecule has 15 nitrogen and oxygen atoms in total. The lowest BCUT2D eigenvalue weighted by Gasteiger charge is -2.16. The van der Waals surface area contributed by atoms with E-state index in [2.05, 4.69) is 131 Å². The lowest BCUT2D eigenvalue weighted by Crippen LogP contribution is -2.28. The number of ether oxygens (including phenoxy) is 9. The third-order valence-electron chi connectivity index (χ3n) is 26.7. The Balaban J connectivity index is 0.000000131. The van der Waals surface area contributed by atoms with Crippen LogP contribution in [0.1, 0.15) is 151 Å². The Bertz CT molecular complexity index is 6940. The molecule has 21 rings (SSSR count). The van der Waals surface area contributed by atoms with E-state index in [0.29, 0.717) is 115 Å². The molecule has 7 saturated heterocycles. The normalized spacial score (nSPS) is 16.0. The van der Waals surface area contributed by atoms with Gasteiger partial charge in [0.1, 0.15) is 127 Å². The minimum atomic E-state index is -5.00. The first-order chi connectivity index (χ1) is 72.7. The molecule has 0 amide bonds. The Labute approximate surface area is 896 Å². The molecule has 7 heterocycles. The third kappa shape index (κ3) is 30.6. The largest absolute Gasteiger partial charge is 0.491 e. The number of carbonyl (C=O) groups is 6. The Morgan fingerprint density at radius 1 is 0.233 bits per heavy atom. The van der Waals surface area contributed by atoms with E-state index in [4.69, 9.17) is 33.2 Å². The molecule has 150 heavy (non-hydrogen) atoms. The lowest BCUT2D eigenvalue weighted by molar-refractivity contribution is -0.189. The van der Waals surface area contributed by atoms with Crippen molar-refractivity contribution in [2.45, 2.75) is 197 Å². The number of esters is 6. The molecule has 0 bridgehead atoms. The second kappa shape index (κ2) is 55.8. The van der Waals surface area contributed by atoms with Gasteiger partial charge in [-0.2, -0.15) is 26.3 Å². The molecule has 14 aromatic rings. The maximum Gasteiger partial charge on any atom is 0.491 e. The van der Waals surface area contributed by atoms with Gasteiger partial charge in [-0.25, -0.2) is 9.59 Å². The molecule has 28 heteroatoms. The Morgan fingerprint density at radius 2 is 0.413 bits per heavy atom. The molecule has 14 aromatic carbocycles. The number of hydrogen-bond acceptors (Lipinski definition) is 15. The molecule has 0 unspecified atom stereocenters. The number of carbonyl (C=O) groups excluding carboxylic acids is 6. The number of hydrogen-bond donors (Lipinski definition) is 0. The zero-order valence-electron chi connectivity index (χ0n) is 86.4. The summed E-state index contributed by atoms with van der Waals surface area (Å²) < 4.78 is 122. The molecule has 790 valence electrons. The van der Waals surface area contributed by atoms with Gasteiger partial charge in [0.2, 0.25) is 0 Å². The monoisotopic (exact) mass is 2180 g/mol. The SMILES string of the molecule is CC(=O)Oc1ccc([S+]2CCCC2)c2ccccc12.CC(=O)Oc1ccc([S+]2CCCCC2)c2ccccc12.CC(C)C(=O)Oc1ccc([S+]2CCCC2)c2ccccc12.CC(C)C(=O)Oc1ccc([S+]2CCCCC2)c2ccccc12.COCCOCCOc1ccc([S+]2CCCC2)c2ccccc12.O=C(Oc1ccc([S+]2CCCC2)c2ccccc12)C(F)(F)F.O=C(Oc1ccc([S+]2CCCCC2)c2ccccc12)C(F)(F)F. The predicted octanol–water partition coefficient (Wildman–Crippen LogP) is 28.4. The van der Waals surface area contributed by atoms with Crippen LogP contribution in [0.2, 0.25) is 0 Å². The first kappa shape index (κ1) is 114. The van der Waals surface area contributed by atoms with Crippen LogP contribution in [0.25, 0.3) is 75.4 Å². The summed E-state index contributed by atoms with van der Waals surface area (Å²) in [6, 6.07) is 83.6. The highest BCUT2D eigenvalue weighted by Gasteiger charge is 2.44. The summed E-state index contributed by atoms with van der Waals surface area (Å²) in [6.45, 7) is 12.7. The molecule has 7 fully saturated rings. The van der Waals surface area contributed by atoms with Crippen molar-refractivity contribution in [1.82, 2.24) is 0 Å². The predicted molar refractivity (Wildman–Crippen MR) is 609 cm³/mol. The third-order valence-corrected chi connectivity index (χ3v) is 44.5. The van der Waals surface area contributed by atoms with E-state index >= 15 is 0 Å². The Kier molecular flexibility index (Phi) is 42.3. The van der Waals surface area contributed by atoms with Crippen molar-refractivity contribution in [2.24, 2.45) is 11.8 Å². The van der Waals surface area contributed by atoms with Gasteiger partial charge in [0.05, 0.1) is 31.7 Å². The molecular weight excluding hydrogens is 2040 g/mol. The van der Waals surface area contributed by atoms with Gasteiger partial charge in [-0.3, -0.25) is 19.2 Å². The van der Waals surface area contributed by atoms with E-state index < -0.39 is 24.3 Å². The van der Waals surface area contributed by atoms with E-state index in [1.165, 1.54) is 249 Å². The summed E-state index contributed by atoms with van der Waals surface area (Å²) in [5.41, 5.74) is 0. The number of alkyl halides is 6. The molecule has 7 aliphatic heterocycles. The van der Waals surface area contributed by atoms with Crippen molar-refractivity contribution < 1.29 is 97.7 Å². The van der Waals surface area contributed by atoms with Gasteiger partial charge >= 0.3 is 48.2 Å². The minimum absolute atomic E-state index is 0.0349. The van der Waals surface area contributed by atoms with Crippen LogP contribution in [-0.2, 0) is 115 Å². The molecule has 0 spiro atoms. The Hall–Kier alpha value is -10.5. The number of benzene rings is 14. The van der Waals surface area contributed by atoms with Gasteiger partial charge in [0.15, 0.2) is 34.3 Å². The van der Waals surface area contributed by atoms with E-state index in [1.54, 1.807) is 37.4 Å². The fraction of sp³-hybridized carbons (Fsp3) is 0.377. The lowest BCUT2D eigenvalue weighted by atomic mass is 10.1. The molecule has 0 aliphatic carbocycles. The average Bonchev–Trinajstić information content (AvgIpc) is 1.42. The molecule has 0 aromatic heterocycles. The topological polar surface area (TPSA) is 185 Å². The van der Waals surface area contributed by atoms with Crippen molar-refractivity contribution >= 4 is 187 Å². The van der Waals surface area contributed by atoms with Crippen LogP contribution >= 0.6 is 0 Å². The van der Waals surface area contributed by atoms with Gasteiger partial charge < -0.3 is 42.6 Å². The van der Waals surface area contributed by atoms with Gasteiger partial charge in [-0.05, 0) is 237 Å². The second-order valence-corrected chi connectivity index (χ2v) is 53.8. The van der Waals surface area contributed by atoms with E-state index in [9.17, 15) is 55.1 Å². The molecule has 0 saturated carbocycles. The van der Waals surface area contributed by atoms with Gasteiger partial charge in [-0.1, -0.05) is 155 Å². The zero-order chi connectivity index (χ0) is 106. The standard InChI is InChI=1S/C19H25O3S.C19H23O2S.C18H21O2S.C17H16F3O2S.C17H19O2S.C16H14F3O2S.C16H17O2S/c1-20-10-11-21-12-13-22-18-8-9-19(23-14-4-5-15-23)17-7-3-2-6-16(17)18;1-14(2)19(20)21-17-10-11-18(22-12-6-3-7-13-22)16-9-5-4-8-15(16)17;1-13(2)18(19)20-16-9-10-17(21-11-5-6-12-21)15-8-4-3-7-14(15)16;18-17(19,20)16(21)22-14-8-9-15(23-10-4-1-5-11-23)13-7-3-2-6-12(13)14;1-13(18)19-16-9-10-17(20-11-5-2-6-12-20)15-8-4-3-7-14(15)16;17-16(18,19)15(20)21-13-7-8-14(22-9-3-4-10-22)12-6-2-1-5-11(12)13;1-12(17)18-15-8-9-16(19-10-4-5-11-19)14-7-3-2-6-13(14)15/h2-3,6-9H,4-5,10-15H2,1H3;4-5,8-11,14H,3,6-7,12-13H2,1-2H3;3-4,7-10,13H,5-6,11-12H2,1-2H3;2-3,6-9H,1,4-5,10-11H2;3-4,7-10H,2,5-6,11-12H2,1H3;1-2,5-8H,3-4,9-10H2;2-3,6-9H,4-5,10-11H2,1H3/q7*+1. The fourth-order valence-electron chi connectivity index (χ4n) is 19.3. The van der Waals surface area contributed by atoms with Crippen LogP contribution in [0.4, 0.5) is 26.3 Å². The fourth-order valence-corrected chi connectivity index (χ4v) is 36.8. The molecular formula is C122H135F6O15S7+7. The van der Waals surface area contributed by atoms with Crippen molar-refractivity contribution in [3.63, 3.8) is 0 Å². The van der Waals surface area contributed by atoms with Crippen LogP contribution in [-0.4, -0.2) is 162 Å². The smallest absolute Gasteiger partial charge is 0.491 e. The van der Waals surface area contributed by atoms with E-state index in [0.717, 1.165) is 70.9 Å². The minimum Gasteiger partial charge on any atom is -0.491 e. The highest BCUT2D eigenvalue weighted by atomic mass is 32.2. The number of halogens is 6. The molecule has 0 N–H and O–H groups in total. The molecule has 7 aliphatic rings.